The molecule has 0 aliphatic carbocycles. The molecular weight excluding hydrogens is 276 g/mol. The van der Waals surface area contributed by atoms with Gasteiger partial charge in [0, 0.05) is 10.3 Å². The molecule has 0 radical (unpaired) electrons. The Morgan fingerprint density at radius 3 is 2.84 bits per heavy atom. The summed E-state index contributed by atoms with van der Waals surface area (Å²) in [5.74, 6) is 0.269. The van der Waals surface area contributed by atoms with Crippen LogP contribution in [0.4, 0.5) is 0 Å². The Hall–Kier alpha value is -1.30. The van der Waals surface area contributed by atoms with Gasteiger partial charge in [-0.2, -0.15) is 0 Å². The van der Waals surface area contributed by atoms with Crippen LogP contribution in [0.1, 0.15) is 42.0 Å². The minimum absolute atomic E-state index is 0.269. The molecule has 0 fully saturated rings. The number of hydrogen-bond acceptors (Lipinski definition) is 5. The molecule has 0 bridgehead atoms. The first-order chi connectivity index (χ1) is 9.18. The molecule has 1 aromatic carbocycles. The Balaban J connectivity index is 2.11. The lowest BCUT2D eigenvalue weighted by molar-refractivity contribution is 0.224. The highest BCUT2D eigenvalue weighted by molar-refractivity contribution is 7.17. The minimum atomic E-state index is -0.639. The number of aromatic nitrogens is 2. The maximum atomic E-state index is 10.7. The number of thiophene rings is 1. The van der Waals surface area contributed by atoms with Gasteiger partial charge in [0.2, 0.25) is 0 Å². The fourth-order valence-electron chi connectivity index (χ4n) is 2.17. The summed E-state index contributed by atoms with van der Waals surface area (Å²) in [6, 6.07) is 8.10. The second-order valence-corrected chi connectivity index (χ2v) is 6.47. The topological polar surface area (TPSA) is 46.0 Å². The number of fused-ring (bicyclic) bond motifs is 1. The predicted octanol–water partition coefficient (Wildman–Crippen LogP) is 3.96. The van der Waals surface area contributed by atoms with Crippen molar-refractivity contribution >= 4 is 33.0 Å². The lowest BCUT2D eigenvalue weighted by Gasteiger charge is -2.12. The highest BCUT2D eigenvalue weighted by Crippen LogP contribution is 2.36. The predicted molar refractivity (Wildman–Crippen MR) is 79.9 cm³/mol. The summed E-state index contributed by atoms with van der Waals surface area (Å²) in [5, 5.41) is 18.0. The third kappa shape index (κ3) is 2.18. The van der Waals surface area contributed by atoms with Crippen molar-refractivity contribution in [1.29, 1.82) is 0 Å². The van der Waals surface area contributed by atoms with Crippen LogP contribution in [-0.2, 0) is 0 Å². The molecule has 0 spiro atoms. The van der Waals surface area contributed by atoms with Crippen LogP contribution < -0.4 is 0 Å². The van der Waals surface area contributed by atoms with Gasteiger partial charge in [0.05, 0.1) is 10.6 Å². The SMILES string of the molecule is CC(C)c1nnsc1C(O)c1cccc2ccsc12. The Morgan fingerprint density at radius 2 is 2.05 bits per heavy atom. The van der Waals surface area contributed by atoms with E-state index >= 15 is 0 Å². The summed E-state index contributed by atoms with van der Waals surface area (Å²) >= 11 is 2.94. The molecule has 1 atom stereocenters. The monoisotopic (exact) mass is 290 g/mol. The van der Waals surface area contributed by atoms with Crippen molar-refractivity contribution in [1.82, 2.24) is 9.59 Å². The zero-order chi connectivity index (χ0) is 13.4. The number of aliphatic hydroxyl groups is 1. The number of hydrogen-bond donors (Lipinski definition) is 1. The molecule has 0 amide bonds. The van der Waals surface area contributed by atoms with E-state index in [-0.39, 0.29) is 5.92 Å². The van der Waals surface area contributed by atoms with Crippen LogP contribution >= 0.6 is 22.9 Å². The average molecular weight is 290 g/mol. The quantitative estimate of drug-likeness (QED) is 0.794. The fraction of sp³-hybridized carbons (Fsp3) is 0.286. The molecule has 0 saturated carbocycles. The number of benzene rings is 1. The van der Waals surface area contributed by atoms with E-state index in [2.05, 4.69) is 40.9 Å². The molecule has 1 N–H and O–H groups in total. The largest absolute Gasteiger partial charge is 0.383 e. The van der Waals surface area contributed by atoms with Gasteiger partial charge in [-0.15, -0.1) is 16.4 Å². The molecular formula is C14H14N2OS2. The first kappa shape index (κ1) is 12.7. The van der Waals surface area contributed by atoms with Crippen molar-refractivity contribution in [3.8, 4) is 0 Å². The van der Waals surface area contributed by atoms with E-state index < -0.39 is 6.10 Å². The molecule has 1 unspecified atom stereocenters. The van der Waals surface area contributed by atoms with Crippen LogP contribution in [0, 0.1) is 0 Å². The summed E-state index contributed by atoms with van der Waals surface area (Å²) in [7, 11) is 0. The molecule has 3 nitrogen and oxygen atoms in total. The van der Waals surface area contributed by atoms with E-state index in [1.165, 1.54) is 16.9 Å². The van der Waals surface area contributed by atoms with E-state index in [1.54, 1.807) is 11.3 Å². The zero-order valence-electron chi connectivity index (χ0n) is 10.7. The summed E-state index contributed by atoms with van der Waals surface area (Å²) in [4.78, 5) is 0.857. The van der Waals surface area contributed by atoms with E-state index in [9.17, 15) is 5.11 Å². The molecule has 3 aromatic rings. The number of aliphatic hydroxyl groups excluding tert-OH is 1. The van der Waals surface area contributed by atoms with Crippen LogP contribution in [0.3, 0.4) is 0 Å². The van der Waals surface area contributed by atoms with Gasteiger partial charge in [0.25, 0.3) is 0 Å². The van der Waals surface area contributed by atoms with Crippen LogP contribution in [0.5, 0.6) is 0 Å². The van der Waals surface area contributed by atoms with Crippen LogP contribution in [0.2, 0.25) is 0 Å². The van der Waals surface area contributed by atoms with Crippen LogP contribution in [0.15, 0.2) is 29.6 Å². The van der Waals surface area contributed by atoms with Crippen LogP contribution in [0.25, 0.3) is 10.1 Å². The molecule has 5 heteroatoms. The van der Waals surface area contributed by atoms with Crippen molar-refractivity contribution in [2.24, 2.45) is 0 Å². The molecule has 0 aliphatic heterocycles. The number of nitrogens with zero attached hydrogens (tertiary/aromatic N) is 2. The molecule has 3 rings (SSSR count). The number of rotatable bonds is 3. The van der Waals surface area contributed by atoms with Gasteiger partial charge in [-0.25, -0.2) is 0 Å². The third-order valence-electron chi connectivity index (χ3n) is 3.14. The average Bonchev–Trinajstić information content (AvgIpc) is 3.05. The van der Waals surface area contributed by atoms with E-state index in [1.807, 2.05) is 12.1 Å². The third-order valence-corrected chi connectivity index (χ3v) is 4.91. The Kier molecular flexibility index (Phi) is 3.35. The smallest absolute Gasteiger partial charge is 0.118 e. The van der Waals surface area contributed by atoms with E-state index in [0.29, 0.717) is 0 Å². The van der Waals surface area contributed by atoms with Gasteiger partial charge >= 0.3 is 0 Å². The Labute approximate surface area is 119 Å². The van der Waals surface area contributed by atoms with Crippen molar-refractivity contribution in [3.63, 3.8) is 0 Å². The zero-order valence-corrected chi connectivity index (χ0v) is 12.3. The van der Waals surface area contributed by atoms with Crippen molar-refractivity contribution in [3.05, 3.63) is 45.8 Å². The first-order valence-corrected chi connectivity index (χ1v) is 7.80. The fourth-order valence-corrected chi connectivity index (χ4v) is 3.92. The van der Waals surface area contributed by atoms with Gasteiger partial charge in [-0.1, -0.05) is 36.5 Å². The first-order valence-electron chi connectivity index (χ1n) is 6.15. The molecule has 2 heterocycles. The maximum Gasteiger partial charge on any atom is 0.118 e. The standard InChI is InChI=1S/C14H14N2OS2/c1-8(2)11-14(19-16-15-11)12(17)10-5-3-4-9-6-7-18-13(9)10/h3-8,12,17H,1-2H3. The van der Waals surface area contributed by atoms with Gasteiger partial charge in [0.1, 0.15) is 6.10 Å². The highest BCUT2D eigenvalue weighted by atomic mass is 32.1. The lowest BCUT2D eigenvalue weighted by atomic mass is 10.0. The summed E-state index contributed by atoms with van der Waals surface area (Å²) < 4.78 is 5.13. The van der Waals surface area contributed by atoms with Gasteiger partial charge < -0.3 is 5.11 Å². The minimum Gasteiger partial charge on any atom is -0.383 e. The highest BCUT2D eigenvalue weighted by Gasteiger charge is 2.22. The summed E-state index contributed by atoms with van der Waals surface area (Å²) in [5.41, 5.74) is 1.84. The second kappa shape index (κ2) is 5.00. The van der Waals surface area contributed by atoms with E-state index in [4.69, 9.17) is 0 Å². The summed E-state index contributed by atoms with van der Waals surface area (Å²) in [6.07, 6.45) is -0.639. The van der Waals surface area contributed by atoms with Crippen molar-refractivity contribution in [2.75, 3.05) is 0 Å². The van der Waals surface area contributed by atoms with Crippen LogP contribution in [-0.4, -0.2) is 14.7 Å². The lowest BCUT2D eigenvalue weighted by Crippen LogP contribution is -2.02. The van der Waals surface area contributed by atoms with Gasteiger partial charge in [-0.05, 0) is 34.3 Å². The summed E-state index contributed by atoms with van der Waals surface area (Å²) in [6.45, 7) is 4.14. The normalized spacial score (nSPS) is 13.3. The van der Waals surface area contributed by atoms with E-state index in [0.717, 1.165) is 20.8 Å². The Morgan fingerprint density at radius 1 is 1.21 bits per heavy atom. The van der Waals surface area contributed by atoms with Gasteiger partial charge in [-0.3, -0.25) is 0 Å². The molecule has 0 saturated heterocycles. The molecule has 19 heavy (non-hydrogen) atoms. The van der Waals surface area contributed by atoms with Crippen molar-refractivity contribution in [2.45, 2.75) is 25.9 Å². The second-order valence-electron chi connectivity index (χ2n) is 4.77. The maximum absolute atomic E-state index is 10.7. The van der Waals surface area contributed by atoms with Gasteiger partial charge in [0.15, 0.2) is 0 Å². The Bertz CT molecular complexity index is 702. The molecule has 0 aliphatic rings. The molecule has 2 aromatic heterocycles. The van der Waals surface area contributed by atoms with Crippen molar-refractivity contribution < 1.29 is 5.11 Å². The molecule has 98 valence electrons.